The number of carbonyl (C=O) groups is 1. The molecule has 5 rings (SSSR count). The van der Waals surface area contributed by atoms with Gasteiger partial charge in [-0.25, -0.2) is 9.97 Å². The average molecular weight is 393 g/mol. The van der Waals surface area contributed by atoms with Crippen LogP contribution in [0.25, 0.3) is 11.1 Å². The molecule has 7 heteroatoms. The van der Waals surface area contributed by atoms with Gasteiger partial charge in [-0.2, -0.15) is 0 Å². The van der Waals surface area contributed by atoms with Gasteiger partial charge in [0.15, 0.2) is 0 Å². The van der Waals surface area contributed by atoms with Crippen molar-refractivity contribution in [1.82, 2.24) is 25.4 Å². The van der Waals surface area contributed by atoms with Crippen LogP contribution in [0.15, 0.2) is 16.9 Å². The zero-order valence-electron chi connectivity index (χ0n) is 17.2. The summed E-state index contributed by atoms with van der Waals surface area (Å²) < 4.78 is 5.58. The number of amides is 1. The molecule has 0 radical (unpaired) electrons. The Morgan fingerprint density at radius 1 is 1.31 bits per heavy atom. The smallest absolute Gasteiger partial charge is 0.259 e. The van der Waals surface area contributed by atoms with Crippen molar-refractivity contribution in [3.63, 3.8) is 0 Å². The van der Waals surface area contributed by atoms with Crippen molar-refractivity contribution >= 4 is 17.0 Å². The minimum absolute atomic E-state index is 0.0348. The molecule has 3 aromatic heterocycles. The van der Waals surface area contributed by atoms with Gasteiger partial charge in [0, 0.05) is 29.8 Å². The summed E-state index contributed by atoms with van der Waals surface area (Å²) in [4.78, 5) is 25.6. The number of aryl methyl sites for hydroxylation is 1. The van der Waals surface area contributed by atoms with Crippen LogP contribution in [0.5, 0.6) is 0 Å². The maximum Gasteiger partial charge on any atom is 0.259 e. The standard InChI is InChI=1S/C22H27N5O2/c1-22(2,3)10-18-19-14(9-16(12-4-5-12)26-21(19)29-27-18)20(28)25-13-6-7-15-17(8-13)24-11-23-15/h9,11-13H,4-8,10H2,1-3H3,(H,23,24)(H,25,28). The molecule has 29 heavy (non-hydrogen) atoms. The van der Waals surface area contributed by atoms with E-state index in [-0.39, 0.29) is 17.4 Å². The van der Waals surface area contributed by atoms with Gasteiger partial charge in [0.25, 0.3) is 11.6 Å². The summed E-state index contributed by atoms with van der Waals surface area (Å²) in [5.41, 5.74) is 5.16. The van der Waals surface area contributed by atoms with Gasteiger partial charge in [-0.05, 0) is 43.6 Å². The molecule has 0 bridgehead atoms. The fraction of sp³-hybridized carbons (Fsp3) is 0.545. The summed E-state index contributed by atoms with van der Waals surface area (Å²) in [5.74, 6) is 0.370. The Morgan fingerprint density at radius 3 is 2.90 bits per heavy atom. The van der Waals surface area contributed by atoms with Gasteiger partial charge in [-0.1, -0.05) is 25.9 Å². The number of H-pyrrole nitrogens is 1. The number of hydrogen-bond donors (Lipinski definition) is 2. The predicted octanol–water partition coefficient (Wildman–Crippen LogP) is 3.70. The summed E-state index contributed by atoms with van der Waals surface area (Å²) in [7, 11) is 0. The molecule has 2 N–H and O–H groups in total. The number of carbonyl (C=O) groups excluding carboxylic acids is 1. The Balaban J connectivity index is 1.48. The number of aromatic amines is 1. The number of nitrogens with zero attached hydrogens (tertiary/aromatic N) is 3. The van der Waals surface area contributed by atoms with Gasteiger partial charge in [-0.3, -0.25) is 4.79 Å². The molecule has 1 amide bonds. The lowest BCUT2D eigenvalue weighted by molar-refractivity contribution is 0.0934. The molecule has 3 heterocycles. The quantitative estimate of drug-likeness (QED) is 0.704. The van der Waals surface area contributed by atoms with E-state index < -0.39 is 0 Å². The zero-order valence-corrected chi connectivity index (χ0v) is 17.2. The third-order valence-corrected chi connectivity index (χ3v) is 5.80. The number of imidazole rings is 1. The molecule has 3 aromatic rings. The molecule has 0 saturated heterocycles. The van der Waals surface area contributed by atoms with E-state index in [9.17, 15) is 4.79 Å². The van der Waals surface area contributed by atoms with Crippen molar-refractivity contribution in [1.29, 1.82) is 0 Å². The summed E-state index contributed by atoms with van der Waals surface area (Å²) in [6, 6.07) is 2.05. The van der Waals surface area contributed by atoms with Crippen LogP contribution in [0.3, 0.4) is 0 Å². The minimum Gasteiger partial charge on any atom is -0.349 e. The van der Waals surface area contributed by atoms with E-state index in [2.05, 4.69) is 46.2 Å². The fourth-order valence-corrected chi connectivity index (χ4v) is 4.21. The van der Waals surface area contributed by atoms with Crippen molar-refractivity contribution in [3.05, 3.63) is 40.7 Å². The van der Waals surface area contributed by atoms with E-state index in [0.29, 0.717) is 17.2 Å². The highest BCUT2D eigenvalue weighted by Gasteiger charge is 2.31. The highest BCUT2D eigenvalue weighted by Crippen LogP contribution is 2.41. The molecule has 1 atom stereocenters. The van der Waals surface area contributed by atoms with Crippen LogP contribution in [0.2, 0.25) is 0 Å². The Hall–Kier alpha value is -2.70. The van der Waals surface area contributed by atoms with Crippen molar-refractivity contribution < 1.29 is 9.32 Å². The highest BCUT2D eigenvalue weighted by atomic mass is 16.5. The second-order valence-electron chi connectivity index (χ2n) is 9.66. The van der Waals surface area contributed by atoms with E-state index in [0.717, 1.165) is 66.7 Å². The molecule has 0 spiro atoms. The largest absolute Gasteiger partial charge is 0.349 e. The molecular formula is C22H27N5O2. The highest BCUT2D eigenvalue weighted by molar-refractivity contribution is 6.06. The monoisotopic (exact) mass is 393 g/mol. The van der Waals surface area contributed by atoms with E-state index in [1.165, 1.54) is 0 Å². The molecule has 2 aliphatic carbocycles. The Morgan fingerprint density at radius 2 is 2.14 bits per heavy atom. The number of rotatable bonds is 4. The first kappa shape index (κ1) is 18.3. The van der Waals surface area contributed by atoms with Crippen LogP contribution in [-0.2, 0) is 19.3 Å². The van der Waals surface area contributed by atoms with Crippen molar-refractivity contribution in [2.24, 2.45) is 5.41 Å². The first-order valence-electron chi connectivity index (χ1n) is 10.5. The van der Waals surface area contributed by atoms with Crippen LogP contribution in [0.4, 0.5) is 0 Å². The molecule has 0 aromatic carbocycles. The van der Waals surface area contributed by atoms with Crippen LogP contribution in [0.1, 0.15) is 79.1 Å². The Kier molecular flexibility index (Phi) is 4.22. The lowest BCUT2D eigenvalue weighted by Gasteiger charge is -2.23. The number of pyridine rings is 1. The molecule has 152 valence electrons. The van der Waals surface area contributed by atoms with Crippen molar-refractivity contribution in [3.8, 4) is 0 Å². The van der Waals surface area contributed by atoms with Crippen LogP contribution >= 0.6 is 0 Å². The van der Waals surface area contributed by atoms with Gasteiger partial charge in [0.05, 0.1) is 28.7 Å². The molecular weight excluding hydrogens is 366 g/mol. The Bertz CT molecular complexity index is 1070. The molecule has 1 fully saturated rings. The van der Waals surface area contributed by atoms with Crippen LogP contribution in [-0.4, -0.2) is 32.1 Å². The summed E-state index contributed by atoms with van der Waals surface area (Å²) in [6.07, 6.45) is 7.26. The third kappa shape index (κ3) is 3.66. The normalized spacial score (nSPS) is 19.3. The third-order valence-electron chi connectivity index (χ3n) is 5.80. The lowest BCUT2D eigenvalue weighted by Crippen LogP contribution is -2.39. The second kappa shape index (κ2) is 6.68. The first-order valence-corrected chi connectivity index (χ1v) is 10.5. The number of nitrogens with one attached hydrogen (secondary N) is 2. The lowest BCUT2D eigenvalue weighted by atomic mass is 9.89. The summed E-state index contributed by atoms with van der Waals surface area (Å²) in [6.45, 7) is 6.47. The Labute approximate surface area is 169 Å². The van der Waals surface area contributed by atoms with E-state index >= 15 is 0 Å². The van der Waals surface area contributed by atoms with Crippen molar-refractivity contribution in [2.75, 3.05) is 0 Å². The van der Waals surface area contributed by atoms with Gasteiger partial charge in [0.2, 0.25) is 0 Å². The van der Waals surface area contributed by atoms with E-state index in [4.69, 9.17) is 4.52 Å². The maximum atomic E-state index is 13.4. The zero-order chi connectivity index (χ0) is 20.2. The van der Waals surface area contributed by atoms with Crippen molar-refractivity contribution in [2.45, 2.75) is 71.3 Å². The first-order chi connectivity index (χ1) is 13.9. The van der Waals surface area contributed by atoms with Crippen LogP contribution in [0, 0.1) is 5.41 Å². The van der Waals surface area contributed by atoms with Crippen LogP contribution < -0.4 is 5.32 Å². The van der Waals surface area contributed by atoms with Gasteiger partial charge < -0.3 is 14.8 Å². The number of hydrogen-bond acceptors (Lipinski definition) is 5. The fourth-order valence-electron chi connectivity index (χ4n) is 4.21. The second-order valence-corrected chi connectivity index (χ2v) is 9.66. The average Bonchev–Trinajstić information content (AvgIpc) is 3.29. The molecule has 1 unspecified atom stereocenters. The molecule has 1 saturated carbocycles. The molecule has 2 aliphatic rings. The summed E-state index contributed by atoms with van der Waals surface area (Å²) in [5, 5.41) is 8.29. The predicted molar refractivity (Wildman–Crippen MR) is 109 cm³/mol. The molecule has 0 aliphatic heterocycles. The number of aromatic nitrogens is 4. The van der Waals surface area contributed by atoms with Gasteiger partial charge in [-0.15, -0.1) is 0 Å². The SMILES string of the molecule is CC(C)(C)Cc1noc2nc(C3CC3)cc(C(=O)NC3CCc4nc[nH]c4C3)c12. The van der Waals surface area contributed by atoms with E-state index in [1.807, 2.05) is 6.07 Å². The number of fused-ring (bicyclic) bond motifs is 2. The van der Waals surface area contributed by atoms with E-state index in [1.54, 1.807) is 6.33 Å². The summed E-state index contributed by atoms with van der Waals surface area (Å²) >= 11 is 0. The minimum atomic E-state index is -0.0642. The topological polar surface area (TPSA) is 96.7 Å². The van der Waals surface area contributed by atoms with Gasteiger partial charge >= 0.3 is 0 Å². The maximum absolute atomic E-state index is 13.4. The van der Waals surface area contributed by atoms with Gasteiger partial charge in [0.1, 0.15) is 0 Å². The molecule has 7 nitrogen and oxygen atoms in total.